The Hall–Kier alpha value is -3.28. The van der Waals surface area contributed by atoms with Crippen LogP contribution in [-0.2, 0) is 7.05 Å². The Kier molecular flexibility index (Phi) is 4.20. The van der Waals surface area contributed by atoms with E-state index in [9.17, 15) is 9.59 Å². The molecule has 0 aliphatic heterocycles. The second-order valence-electron chi connectivity index (χ2n) is 5.44. The quantitative estimate of drug-likeness (QED) is 0.592. The predicted molar refractivity (Wildman–Crippen MR) is 93.2 cm³/mol. The fourth-order valence-electron chi connectivity index (χ4n) is 2.44. The number of aryl methyl sites for hydroxylation is 2. The number of rotatable bonds is 3. The van der Waals surface area contributed by atoms with Gasteiger partial charge in [0.2, 0.25) is 0 Å². The molecule has 3 rings (SSSR count). The number of benzene rings is 2. The van der Waals surface area contributed by atoms with Gasteiger partial charge in [0.25, 0.3) is 11.5 Å². The molecule has 6 heteroatoms. The number of hydrogen-bond acceptors (Lipinski definition) is 4. The van der Waals surface area contributed by atoms with Gasteiger partial charge in [-0.3, -0.25) is 9.59 Å². The van der Waals surface area contributed by atoms with E-state index in [2.05, 4.69) is 15.6 Å². The van der Waals surface area contributed by atoms with Crippen LogP contribution in [0, 0.1) is 6.92 Å². The van der Waals surface area contributed by atoms with Crippen LogP contribution in [-0.4, -0.2) is 21.9 Å². The minimum absolute atomic E-state index is 0.161. The van der Waals surface area contributed by atoms with Crippen LogP contribution in [0.3, 0.4) is 0 Å². The first-order valence-corrected chi connectivity index (χ1v) is 7.42. The van der Waals surface area contributed by atoms with Gasteiger partial charge >= 0.3 is 0 Å². The lowest BCUT2D eigenvalue weighted by atomic mass is 10.1. The molecule has 0 spiro atoms. The van der Waals surface area contributed by atoms with Crippen LogP contribution < -0.4 is 11.0 Å². The van der Waals surface area contributed by atoms with E-state index in [1.165, 1.54) is 7.05 Å². The molecule has 1 aromatic heterocycles. The van der Waals surface area contributed by atoms with Crippen LogP contribution in [0.2, 0.25) is 0 Å². The van der Waals surface area contributed by atoms with Crippen molar-refractivity contribution in [1.29, 1.82) is 0 Å². The summed E-state index contributed by atoms with van der Waals surface area (Å²) in [6.45, 7) is 1.98. The highest BCUT2D eigenvalue weighted by molar-refractivity contribution is 6.04. The van der Waals surface area contributed by atoms with Crippen molar-refractivity contribution in [3.8, 4) is 0 Å². The molecule has 2 aromatic carbocycles. The van der Waals surface area contributed by atoms with Crippen LogP contribution in [0.15, 0.2) is 58.4 Å². The van der Waals surface area contributed by atoms with Crippen LogP contribution in [0.1, 0.15) is 21.6 Å². The molecule has 0 saturated carbocycles. The smallest absolute Gasteiger partial charge is 0.267 e. The highest BCUT2D eigenvalue weighted by Crippen LogP contribution is 2.12. The van der Waals surface area contributed by atoms with Gasteiger partial charge in [-0.05, 0) is 18.6 Å². The Morgan fingerprint density at radius 2 is 1.92 bits per heavy atom. The van der Waals surface area contributed by atoms with Gasteiger partial charge in [-0.1, -0.05) is 48.0 Å². The molecule has 1 heterocycles. The number of aromatic nitrogens is 2. The lowest BCUT2D eigenvalue weighted by Crippen LogP contribution is -2.27. The van der Waals surface area contributed by atoms with Crippen molar-refractivity contribution in [1.82, 2.24) is 15.2 Å². The Balaban J connectivity index is 1.89. The van der Waals surface area contributed by atoms with Crippen molar-refractivity contribution >= 4 is 22.9 Å². The Bertz CT molecular complexity index is 1010. The first kappa shape index (κ1) is 15.6. The number of amides is 1. The topological polar surface area (TPSA) is 76.3 Å². The summed E-state index contributed by atoms with van der Waals surface area (Å²) >= 11 is 0. The van der Waals surface area contributed by atoms with Gasteiger partial charge in [0.1, 0.15) is 0 Å². The fourth-order valence-corrected chi connectivity index (χ4v) is 2.44. The summed E-state index contributed by atoms with van der Waals surface area (Å²) in [4.78, 5) is 24.4. The van der Waals surface area contributed by atoms with Gasteiger partial charge in [-0.25, -0.2) is 10.1 Å². The average Bonchev–Trinajstić information content (AvgIpc) is 2.58. The van der Waals surface area contributed by atoms with E-state index in [4.69, 9.17) is 0 Å². The highest BCUT2D eigenvalue weighted by atomic mass is 16.2. The van der Waals surface area contributed by atoms with Gasteiger partial charge in [-0.15, -0.1) is 0 Å². The Labute approximate surface area is 138 Å². The van der Waals surface area contributed by atoms with E-state index in [1.807, 2.05) is 31.2 Å². The summed E-state index contributed by atoms with van der Waals surface area (Å²) in [5.74, 6) is -0.467. The molecule has 0 radical (unpaired) electrons. The number of carbonyl (C=O) groups is 1. The van der Waals surface area contributed by atoms with Crippen LogP contribution in [0.25, 0.3) is 10.8 Å². The molecule has 24 heavy (non-hydrogen) atoms. The van der Waals surface area contributed by atoms with Crippen molar-refractivity contribution < 1.29 is 4.79 Å². The number of nitrogens with one attached hydrogen (secondary N) is 1. The van der Waals surface area contributed by atoms with Gasteiger partial charge < -0.3 is 0 Å². The molecule has 0 unspecified atom stereocenters. The normalized spacial score (nSPS) is 11.1. The summed E-state index contributed by atoms with van der Waals surface area (Å²) in [6, 6.07) is 14.6. The summed E-state index contributed by atoms with van der Waals surface area (Å²) < 4.78 is 1.15. The number of hydrogen-bond donors (Lipinski definition) is 1. The average molecular weight is 320 g/mol. The Morgan fingerprint density at radius 3 is 2.67 bits per heavy atom. The zero-order chi connectivity index (χ0) is 17.1. The van der Waals surface area contributed by atoms with Gasteiger partial charge in [0.05, 0.1) is 11.6 Å². The maximum absolute atomic E-state index is 12.4. The lowest BCUT2D eigenvalue weighted by Gasteiger charge is -2.06. The van der Waals surface area contributed by atoms with Crippen molar-refractivity contribution in [2.24, 2.45) is 12.1 Å². The van der Waals surface area contributed by atoms with Crippen LogP contribution >= 0.6 is 0 Å². The zero-order valence-corrected chi connectivity index (χ0v) is 13.4. The monoisotopic (exact) mass is 320 g/mol. The third-order valence-electron chi connectivity index (χ3n) is 3.59. The van der Waals surface area contributed by atoms with E-state index in [-0.39, 0.29) is 11.3 Å². The van der Waals surface area contributed by atoms with Crippen molar-refractivity contribution in [3.63, 3.8) is 0 Å². The van der Waals surface area contributed by atoms with E-state index in [0.29, 0.717) is 10.8 Å². The molecule has 1 amide bonds. The van der Waals surface area contributed by atoms with Crippen molar-refractivity contribution in [2.75, 3.05) is 0 Å². The molecule has 0 saturated heterocycles. The second kappa shape index (κ2) is 6.45. The van der Waals surface area contributed by atoms with Gasteiger partial charge in [-0.2, -0.15) is 10.2 Å². The minimum Gasteiger partial charge on any atom is -0.267 e. The Morgan fingerprint density at radius 1 is 1.17 bits per heavy atom. The van der Waals surface area contributed by atoms with Crippen LogP contribution in [0.5, 0.6) is 0 Å². The highest BCUT2D eigenvalue weighted by Gasteiger charge is 2.14. The molecular formula is C18H16N4O2. The van der Waals surface area contributed by atoms with E-state index in [1.54, 1.807) is 30.5 Å². The fraction of sp³-hybridized carbons (Fsp3) is 0.111. The summed E-state index contributed by atoms with van der Waals surface area (Å²) in [5.41, 5.74) is 4.36. The van der Waals surface area contributed by atoms with E-state index < -0.39 is 5.91 Å². The maximum atomic E-state index is 12.4. The van der Waals surface area contributed by atoms with E-state index in [0.717, 1.165) is 15.8 Å². The predicted octanol–water partition coefficient (Wildman–Crippen LogP) is 2.01. The SMILES string of the molecule is Cc1cccc(/C=N\NC(=O)c2nn(C)c(=O)c3ccccc23)c1. The molecule has 0 aliphatic carbocycles. The molecular weight excluding hydrogens is 304 g/mol. The molecule has 0 fully saturated rings. The lowest BCUT2D eigenvalue weighted by molar-refractivity contribution is 0.0950. The maximum Gasteiger partial charge on any atom is 0.292 e. The summed E-state index contributed by atoms with van der Waals surface area (Å²) in [6.07, 6.45) is 1.56. The molecule has 3 aromatic rings. The second-order valence-corrected chi connectivity index (χ2v) is 5.44. The standard InChI is InChI=1S/C18H16N4O2/c1-12-6-5-7-13(10-12)11-19-20-17(23)16-14-8-3-4-9-15(14)18(24)22(2)21-16/h3-11H,1-2H3,(H,20,23)/b19-11-. The number of carbonyl (C=O) groups excluding carboxylic acids is 1. The minimum atomic E-state index is -0.467. The molecule has 0 bridgehead atoms. The summed E-state index contributed by atoms with van der Waals surface area (Å²) in [7, 11) is 1.52. The number of fused-ring (bicyclic) bond motifs is 1. The van der Waals surface area contributed by atoms with E-state index >= 15 is 0 Å². The first-order chi connectivity index (χ1) is 11.6. The molecule has 0 aliphatic rings. The molecule has 6 nitrogen and oxygen atoms in total. The summed E-state index contributed by atoms with van der Waals surface area (Å²) in [5, 5.41) is 8.98. The number of nitrogens with zero attached hydrogens (tertiary/aromatic N) is 3. The molecule has 1 N–H and O–H groups in total. The van der Waals surface area contributed by atoms with Crippen molar-refractivity contribution in [3.05, 3.63) is 75.7 Å². The number of hydrazone groups is 1. The van der Waals surface area contributed by atoms with Crippen molar-refractivity contribution in [2.45, 2.75) is 6.92 Å². The first-order valence-electron chi connectivity index (χ1n) is 7.42. The third-order valence-corrected chi connectivity index (χ3v) is 3.59. The zero-order valence-electron chi connectivity index (χ0n) is 13.4. The van der Waals surface area contributed by atoms with Crippen LogP contribution in [0.4, 0.5) is 0 Å². The largest absolute Gasteiger partial charge is 0.292 e. The van der Waals surface area contributed by atoms with Gasteiger partial charge in [0.15, 0.2) is 5.69 Å². The molecule has 0 atom stereocenters. The third kappa shape index (κ3) is 3.08. The molecule has 120 valence electrons. The van der Waals surface area contributed by atoms with Gasteiger partial charge in [0, 0.05) is 12.4 Å².